The van der Waals surface area contributed by atoms with E-state index in [0.29, 0.717) is 11.8 Å². The fourth-order valence-electron chi connectivity index (χ4n) is 7.60. The number of pyridine rings is 1. The maximum absolute atomic E-state index is 5.34. The van der Waals surface area contributed by atoms with Crippen molar-refractivity contribution in [3.8, 4) is 33.9 Å². The minimum absolute atomic E-state index is 0.317. The quantitative estimate of drug-likeness (QED) is 0.209. The maximum atomic E-state index is 5.34. The van der Waals surface area contributed by atoms with Gasteiger partial charge in [0.15, 0.2) is 5.82 Å². The number of aromatic nitrogens is 3. The normalized spacial score (nSPS) is 19.5. The van der Waals surface area contributed by atoms with Gasteiger partial charge in [-0.25, -0.2) is 9.97 Å². The van der Waals surface area contributed by atoms with Gasteiger partial charge in [0.1, 0.15) is 0 Å². The number of hydrogen-bond donors (Lipinski definition) is 0. The van der Waals surface area contributed by atoms with Gasteiger partial charge in [0.05, 0.1) is 17.1 Å². The minimum Gasteiger partial charge on any atom is -0.256 e. The molecule has 2 unspecified atom stereocenters. The molecule has 5 aromatic rings. The summed E-state index contributed by atoms with van der Waals surface area (Å²) < 4.78 is 0. The highest BCUT2D eigenvalue weighted by Crippen LogP contribution is 2.46. The Bertz CT molecular complexity index is 2190. The molecule has 4 aliphatic carbocycles. The molecular weight excluding hydrogens is 558 g/mol. The predicted octanol–water partition coefficient (Wildman–Crippen LogP) is 10.4. The summed E-state index contributed by atoms with van der Waals surface area (Å²) in [4.78, 5) is 15.2. The first kappa shape index (κ1) is 26.9. The van der Waals surface area contributed by atoms with E-state index >= 15 is 0 Å². The number of allylic oxidation sites excluding steroid dienone is 11. The highest BCUT2D eigenvalue weighted by molar-refractivity contribution is 6.02. The molecule has 0 aliphatic heterocycles. The summed E-state index contributed by atoms with van der Waals surface area (Å²) in [6, 6.07) is 28.0. The molecule has 46 heavy (non-hydrogen) atoms. The van der Waals surface area contributed by atoms with Gasteiger partial charge in [-0.2, -0.15) is 0 Å². The van der Waals surface area contributed by atoms with Gasteiger partial charge in [-0.05, 0) is 83.0 Å². The topological polar surface area (TPSA) is 38.7 Å². The number of benzene rings is 3. The van der Waals surface area contributed by atoms with Gasteiger partial charge >= 0.3 is 0 Å². The molecule has 0 spiro atoms. The Hall–Kier alpha value is -5.41. The summed E-state index contributed by atoms with van der Waals surface area (Å²) in [6.07, 6.45) is 26.8. The Balaban J connectivity index is 1.26. The van der Waals surface area contributed by atoms with E-state index < -0.39 is 0 Å². The van der Waals surface area contributed by atoms with Crippen LogP contribution in [0.15, 0.2) is 145 Å². The lowest BCUT2D eigenvalue weighted by Gasteiger charge is -2.33. The van der Waals surface area contributed by atoms with Crippen molar-refractivity contribution in [2.45, 2.75) is 25.7 Å². The van der Waals surface area contributed by atoms with Gasteiger partial charge in [0, 0.05) is 40.3 Å². The second-order valence-corrected chi connectivity index (χ2v) is 12.6. The standard InChI is InChI=1S/C43H33N3/c1-3-13-32-30(11-1)25-38(36-17-7-5-15-34(32)36)41-27-42(39-26-31-12-2-4-14-33(31)35-16-6-8-18-37(35)39)46-43(45-41)29-22-20-28(21-23-29)40-19-9-10-24-44-40/h1,3-6,8-11,13-16,18-27,30,32H,2,7,12,17H2. The molecule has 0 saturated carbocycles. The summed E-state index contributed by atoms with van der Waals surface area (Å²) in [5.74, 6) is 1.45. The van der Waals surface area contributed by atoms with Crippen molar-refractivity contribution in [3.05, 3.63) is 162 Å². The van der Waals surface area contributed by atoms with E-state index in [1.54, 1.807) is 0 Å². The van der Waals surface area contributed by atoms with Gasteiger partial charge in [0.25, 0.3) is 0 Å². The van der Waals surface area contributed by atoms with E-state index in [1.165, 1.54) is 44.2 Å². The van der Waals surface area contributed by atoms with Crippen LogP contribution >= 0.6 is 0 Å². The fourth-order valence-corrected chi connectivity index (χ4v) is 7.60. The molecule has 0 bridgehead atoms. The van der Waals surface area contributed by atoms with E-state index in [1.807, 2.05) is 24.4 Å². The van der Waals surface area contributed by atoms with E-state index in [0.717, 1.165) is 59.7 Å². The zero-order chi connectivity index (χ0) is 30.5. The molecule has 0 amide bonds. The molecule has 0 N–H and O–H groups in total. The van der Waals surface area contributed by atoms with Crippen molar-refractivity contribution >= 4 is 22.4 Å². The van der Waals surface area contributed by atoms with Crippen LogP contribution in [0.1, 0.15) is 36.1 Å². The Morgan fingerprint density at radius 3 is 2.33 bits per heavy atom. The first-order chi connectivity index (χ1) is 22.8. The smallest absolute Gasteiger partial charge is 0.160 e. The largest absolute Gasteiger partial charge is 0.256 e. The van der Waals surface area contributed by atoms with Gasteiger partial charge in [-0.1, -0.05) is 109 Å². The predicted molar refractivity (Wildman–Crippen MR) is 190 cm³/mol. The zero-order valence-electron chi connectivity index (χ0n) is 25.6. The first-order valence-electron chi connectivity index (χ1n) is 16.4. The van der Waals surface area contributed by atoms with E-state index in [-0.39, 0.29) is 0 Å². The highest BCUT2D eigenvalue weighted by atomic mass is 14.9. The number of nitrogens with zero attached hydrogens (tertiary/aromatic N) is 3. The molecule has 3 heteroatoms. The molecule has 2 aromatic heterocycles. The first-order valence-corrected chi connectivity index (χ1v) is 16.4. The van der Waals surface area contributed by atoms with Crippen molar-refractivity contribution in [1.82, 2.24) is 15.0 Å². The molecular formula is C43H33N3. The van der Waals surface area contributed by atoms with Crippen molar-refractivity contribution < 1.29 is 0 Å². The van der Waals surface area contributed by atoms with Gasteiger partial charge < -0.3 is 0 Å². The Morgan fingerprint density at radius 2 is 1.43 bits per heavy atom. The Morgan fingerprint density at radius 1 is 0.652 bits per heavy atom. The van der Waals surface area contributed by atoms with Crippen molar-refractivity contribution in [2.24, 2.45) is 11.8 Å². The minimum atomic E-state index is 0.317. The fraction of sp³-hybridized carbons (Fsp3) is 0.140. The summed E-state index contributed by atoms with van der Waals surface area (Å²) in [7, 11) is 0. The van der Waals surface area contributed by atoms with Crippen LogP contribution in [0.5, 0.6) is 0 Å². The van der Waals surface area contributed by atoms with Crippen molar-refractivity contribution in [2.75, 3.05) is 0 Å². The molecule has 0 radical (unpaired) electrons. The van der Waals surface area contributed by atoms with Gasteiger partial charge in [-0.15, -0.1) is 0 Å². The van der Waals surface area contributed by atoms with Crippen LogP contribution in [0, 0.1) is 11.8 Å². The van der Waals surface area contributed by atoms with Crippen LogP contribution in [-0.4, -0.2) is 15.0 Å². The molecule has 3 nitrogen and oxygen atoms in total. The van der Waals surface area contributed by atoms with Crippen LogP contribution < -0.4 is 0 Å². The molecule has 3 aromatic carbocycles. The number of fused-ring (bicyclic) bond motifs is 5. The van der Waals surface area contributed by atoms with Crippen LogP contribution in [0.2, 0.25) is 0 Å². The highest BCUT2D eigenvalue weighted by Gasteiger charge is 2.31. The average molecular weight is 592 g/mol. The lowest BCUT2D eigenvalue weighted by Crippen LogP contribution is -2.20. The molecule has 2 atom stereocenters. The molecule has 0 fully saturated rings. The van der Waals surface area contributed by atoms with E-state index in [4.69, 9.17) is 9.97 Å². The third-order valence-electron chi connectivity index (χ3n) is 9.85. The second-order valence-electron chi connectivity index (χ2n) is 12.6. The lowest BCUT2D eigenvalue weighted by atomic mass is 9.71. The number of hydrogen-bond acceptors (Lipinski definition) is 3. The molecule has 2 heterocycles. The zero-order valence-corrected chi connectivity index (χ0v) is 25.6. The summed E-state index contributed by atoms with van der Waals surface area (Å²) in [5, 5.41) is 2.51. The molecule has 220 valence electrons. The molecule has 0 saturated heterocycles. The third-order valence-corrected chi connectivity index (χ3v) is 9.85. The molecule has 4 aliphatic rings. The van der Waals surface area contributed by atoms with Crippen molar-refractivity contribution in [3.63, 3.8) is 0 Å². The number of rotatable bonds is 4. The second kappa shape index (κ2) is 11.2. The Kier molecular flexibility index (Phi) is 6.55. The monoisotopic (exact) mass is 591 g/mol. The van der Waals surface area contributed by atoms with E-state index in [2.05, 4.69) is 120 Å². The van der Waals surface area contributed by atoms with Gasteiger partial charge in [-0.3, -0.25) is 4.98 Å². The van der Waals surface area contributed by atoms with Crippen LogP contribution in [0.4, 0.5) is 0 Å². The summed E-state index contributed by atoms with van der Waals surface area (Å²) in [5.41, 5.74) is 13.0. The van der Waals surface area contributed by atoms with E-state index in [9.17, 15) is 0 Å². The van der Waals surface area contributed by atoms with Crippen LogP contribution in [0.3, 0.4) is 0 Å². The van der Waals surface area contributed by atoms with Crippen LogP contribution in [0.25, 0.3) is 56.3 Å². The van der Waals surface area contributed by atoms with Crippen molar-refractivity contribution in [1.29, 1.82) is 0 Å². The third kappa shape index (κ3) is 4.62. The average Bonchev–Trinajstić information content (AvgIpc) is 3.14. The molecule has 9 rings (SSSR count). The van der Waals surface area contributed by atoms with Crippen LogP contribution in [-0.2, 0) is 6.42 Å². The maximum Gasteiger partial charge on any atom is 0.160 e. The number of aryl methyl sites for hydroxylation is 1. The summed E-state index contributed by atoms with van der Waals surface area (Å²) >= 11 is 0. The SMILES string of the molecule is C1=CC2C=C(c3cc(-c4cc5c(c6ccccc46)C=CCC5)nc(-c4ccc(-c5ccccn5)cc4)n3)C3=C(C=CCC3)C2C=C1. The lowest BCUT2D eigenvalue weighted by molar-refractivity contribution is 0.623. The summed E-state index contributed by atoms with van der Waals surface area (Å²) in [6.45, 7) is 0. The van der Waals surface area contributed by atoms with Gasteiger partial charge in [0.2, 0.25) is 0 Å². The Labute approximate surface area is 269 Å².